The number of fused-ring (bicyclic) bond motifs is 1. The number of benzene rings is 1. The first-order chi connectivity index (χ1) is 19.0. The zero-order chi connectivity index (χ0) is 26.9. The fraction of sp³-hybridized carbons (Fsp3) is 0.241. The lowest BCUT2D eigenvalue weighted by molar-refractivity contribution is -0.122. The van der Waals surface area contributed by atoms with Gasteiger partial charge < -0.3 is 9.32 Å². The maximum atomic E-state index is 13.8. The number of aromatic nitrogens is 2. The molecular formula is C29H27N5O3S2. The summed E-state index contributed by atoms with van der Waals surface area (Å²) in [6.45, 7) is 6.20. The number of hydrogen-bond donors (Lipinski definition) is 0. The fourth-order valence-corrected chi connectivity index (χ4v) is 6.14. The summed E-state index contributed by atoms with van der Waals surface area (Å²) in [5, 5.41) is 0. The number of furan rings is 1. The SMILES string of the molecule is Cc1ccc2nc(N3CCN(Cc4ccccc4)CC3)c(/C=C3/SC(=S)N(Cc4ccco4)C3=O)c(=O)n2c1. The van der Waals surface area contributed by atoms with Crippen molar-refractivity contribution in [3.05, 3.63) is 105 Å². The molecule has 198 valence electrons. The van der Waals surface area contributed by atoms with Crippen molar-refractivity contribution in [2.75, 3.05) is 31.1 Å². The van der Waals surface area contributed by atoms with E-state index in [0.29, 0.717) is 32.0 Å². The van der Waals surface area contributed by atoms with E-state index < -0.39 is 0 Å². The van der Waals surface area contributed by atoms with Crippen molar-refractivity contribution in [2.45, 2.75) is 20.0 Å². The molecule has 1 aromatic carbocycles. The molecule has 2 fully saturated rings. The zero-order valence-electron chi connectivity index (χ0n) is 21.4. The largest absolute Gasteiger partial charge is 0.467 e. The van der Waals surface area contributed by atoms with Crippen molar-refractivity contribution in [1.82, 2.24) is 19.2 Å². The van der Waals surface area contributed by atoms with Gasteiger partial charge in [-0.15, -0.1) is 0 Å². The molecule has 2 aliphatic rings. The number of thiocarbonyl (C=S) groups is 1. The van der Waals surface area contributed by atoms with Crippen LogP contribution >= 0.6 is 24.0 Å². The first-order valence-electron chi connectivity index (χ1n) is 12.8. The van der Waals surface area contributed by atoms with Crippen LogP contribution in [0.25, 0.3) is 11.7 Å². The Morgan fingerprint density at radius 3 is 2.54 bits per heavy atom. The van der Waals surface area contributed by atoms with Gasteiger partial charge in [0, 0.05) is 38.9 Å². The van der Waals surface area contributed by atoms with Crippen LogP contribution in [0.15, 0.2) is 81.2 Å². The van der Waals surface area contributed by atoms with Crippen LogP contribution in [0.1, 0.15) is 22.5 Å². The van der Waals surface area contributed by atoms with Crippen LogP contribution in [0.2, 0.25) is 0 Å². The van der Waals surface area contributed by atoms with E-state index in [1.54, 1.807) is 35.1 Å². The standard InChI is InChI=1S/C29H27N5O3S2/c1-20-9-10-25-30-26(32-13-11-31(12-14-32)18-21-6-3-2-4-7-21)23(27(35)33(25)17-20)16-24-28(36)34(29(38)39-24)19-22-8-5-15-37-22/h2-10,15-17H,11-14,18-19H2,1H3/b24-16+. The summed E-state index contributed by atoms with van der Waals surface area (Å²) in [6, 6.07) is 17.8. The molecule has 0 N–H and O–H groups in total. The molecule has 2 saturated heterocycles. The second-order valence-electron chi connectivity index (χ2n) is 9.68. The Hall–Kier alpha value is -3.73. The van der Waals surface area contributed by atoms with Crippen molar-refractivity contribution in [2.24, 2.45) is 0 Å². The first-order valence-corrected chi connectivity index (χ1v) is 14.0. The Bertz CT molecular complexity index is 1620. The second-order valence-corrected chi connectivity index (χ2v) is 11.4. The number of aryl methyl sites for hydroxylation is 1. The third-order valence-electron chi connectivity index (χ3n) is 6.95. The smallest absolute Gasteiger partial charge is 0.267 e. The van der Waals surface area contributed by atoms with E-state index in [9.17, 15) is 9.59 Å². The Morgan fingerprint density at radius 2 is 1.79 bits per heavy atom. The number of thioether (sulfide) groups is 1. The van der Waals surface area contributed by atoms with Gasteiger partial charge in [0.1, 0.15) is 21.5 Å². The maximum Gasteiger partial charge on any atom is 0.267 e. The number of nitrogens with zero attached hydrogens (tertiary/aromatic N) is 5. The highest BCUT2D eigenvalue weighted by Crippen LogP contribution is 2.34. The molecule has 0 bridgehead atoms. The minimum Gasteiger partial charge on any atom is -0.467 e. The van der Waals surface area contributed by atoms with E-state index in [4.69, 9.17) is 21.6 Å². The molecule has 0 aliphatic carbocycles. The van der Waals surface area contributed by atoms with E-state index >= 15 is 0 Å². The first kappa shape index (κ1) is 25.5. The van der Waals surface area contributed by atoms with Crippen LogP contribution in [-0.2, 0) is 17.9 Å². The summed E-state index contributed by atoms with van der Waals surface area (Å²) in [7, 11) is 0. The molecule has 1 amide bonds. The van der Waals surface area contributed by atoms with Crippen LogP contribution in [0.5, 0.6) is 0 Å². The number of piperazine rings is 1. The lowest BCUT2D eigenvalue weighted by Crippen LogP contribution is -2.47. The van der Waals surface area contributed by atoms with Crippen molar-refractivity contribution in [3.63, 3.8) is 0 Å². The molecule has 0 unspecified atom stereocenters. The highest BCUT2D eigenvalue weighted by atomic mass is 32.2. The van der Waals surface area contributed by atoms with Gasteiger partial charge in [0.05, 0.1) is 23.3 Å². The highest BCUT2D eigenvalue weighted by Gasteiger charge is 2.34. The van der Waals surface area contributed by atoms with E-state index in [0.717, 1.165) is 38.3 Å². The highest BCUT2D eigenvalue weighted by molar-refractivity contribution is 8.26. The van der Waals surface area contributed by atoms with E-state index in [-0.39, 0.29) is 18.0 Å². The minimum atomic E-state index is -0.242. The topological polar surface area (TPSA) is 74.3 Å². The Labute approximate surface area is 235 Å². The number of carbonyl (C=O) groups is 1. The van der Waals surface area contributed by atoms with Gasteiger partial charge in [0.2, 0.25) is 0 Å². The fourth-order valence-electron chi connectivity index (χ4n) is 4.90. The average Bonchev–Trinajstić information content (AvgIpc) is 3.55. The van der Waals surface area contributed by atoms with Gasteiger partial charge in [-0.1, -0.05) is 60.4 Å². The van der Waals surface area contributed by atoms with Crippen LogP contribution in [0.3, 0.4) is 0 Å². The summed E-state index contributed by atoms with van der Waals surface area (Å²) in [4.78, 5) is 38.5. The lowest BCUT2D eigenvalue weighted by atomic mass is 10.2. The molecular weight excluding hydrogens is 530 g/mol. The minimum absolute atomic E-state index is 0.207. The van der Waals surface area contributed by atoms with Crippen molar-refractivity contribution in [3.8, 4) is 0 Å². The molecule has 0 radical (unpaired) electrons. The van der Waals surface area contributed by atoms with Gasteiger partial charge in [-0.05, 0) is 42.3 Å². The molecule has 39 heavy (non-hydrogen) atoms. The van der Waals surface area contributed by atoms with Gasteiger partial charge in [0.25, 0.3) is 11.5 Å². The Kier molecular flexibility index (Phi) is 7.07. The maximum absolute atomic E-state index is 13.8. The summed E-state index contributed by atoms with van der Waals surface area (Å²) in [5.41, 5.74) is 3.00. The van der Waals surface area contributed by atoms with E-state index in [1.807, 2.05) is 25.1 Å². The van der Waals surface area contributed by atoms with Gasteiger partial charge in [-0.3, -0.25) is 23.8 Å². The van der Waals surface area contributed by atoms with Crippen LogP contribution < -0.4 is 10.5 Å². The lowest BCUT2D eigenvalue weighted by Gasteiger charge is -2.36. The van der Waals surface area contributed by atoms with Crippen LogP contribution in [-0.4, -0.2) is 55.6 Å². The molecule has 2 aliphatic heterocycles. The summed E-state index contributed by atoms with van der Waals surface area (Å²) >= 11 is 6.70. The quantitative estimate of drug-likeness (QED) is 0.256. The Morgan fingerprint density at radius 1 is 1.00 bits per heavy atom. The number of rotatable bonds is 6. The second kappa shape index (κ2) is 10.8. The van der Waals surface area contributed by atoms with Crippen LogP contribution in [0, 0.1) is 6.92 Å². The molecule has 8 nitrogen and oxygen atoms in total. The van der Waals surface area contributed by atoms with Crippen molar-refractivity contribution < 1.29 is 9.21 Å². The van der Waals surface area contributed by atoms with Gasteiger partial charge in [0.15, 0.2) is 0 Å². The molecule has 5 heterocycles. The molecule has 0 saturated carbocycles. The number of amides is 1. The predicted octanol–water partition coefficient (Wildman–Crippen LogP) is 4.32. The summed E-state index contributed by atoms with van der Waals surface area (Å²) in [5.74, 6) is 0.998. The molecule has 6 rings (SSSR count). The monoisotopic (exact) mass is 557 g/mol. The molecule has 0 atom stereocenters. The molecule has 3 aromatic heterocycles. The van der Waals surface area contributed by atoms with Gasteiger partial charge >= 0.3 is 0 Å². The van der Waals surface area contributed by atoms with Gasteiger partial charge in [-0.25, -0.2) is 4.98 Å². The van der Waals surface area contributed by atoms with Gasteiger partial charge in [-0.2, -0.15) is 0 Å². The summed E-state index contributed by atoms with van der Waals surface area (Å²) in [6.07, 6.45) is 5.02. The van der Waals surface area contributed by atoms with Crippen LogP contribution in [0.4, 0.5) is 5.82 Å². The number of hydrogen-bond acceptors (Lipinski definition) is 8. The number of pyridine rings is 1. The Balaban J connectivity index is 1.32. The van der Waals surface area contributed by atoms with Crippen molar-refractivity contribution >= 4 is 51.7 Å². The molecule has 4 aromatic rings. The summed E-state index contributed by atoms with van der Waals surface area (Å²) < 4.78 is 7.40. The van der Waals surface area contributed by atoms with E-state index in [2.05, 4.69) is 34.1 Å². The molecule has 10 heteroatoms. The third-order valence-corrected chi connectivity index (χ3v) is 8.33. The zero-order valence-corrected chi connectivity index (χ0v) is 23.1. The molecule has 0 spiro atoms. The third kappa shape index (κ3) is 5.27. The predicted molar refractivity (Wildman–Crippen MR) is 158 cm³/mol. The number of anilines is 1. The van der Waals surface area contributed by atoms with Crippen molar-refractivity contribution in [1.29, 1.82) is 0 Å². The normalized spacial score (nSPS) is 17.6. The average molecular weight is 558 g/mol. The number of carbonyl (C=O) groups excluding carboxylic acids is 1. The van der Waals surface area contributed by atoms with E-state index in [1.165, 1.54) is 22.2 Å².